The third kappa shape index (κ3) is 4.61. The van der Waals surface area contributed by atoms with Crippen molar-refractivity contribution in [2.75, 3.05) is 19.6 Å². The molecular weight excluding hydrogens is 385 g/mol. The van der Waals surface area contributed by atoms with E-state index in [-0.39, 0.29) is 61.3 Å². The number of benzene rings is 1. The van der Waals surface area contributed by atoms with Crippen molar-refractivity contribution in [2.45, 2.75) is 31.8 Å². The highest BCUT2D eigenvalue weighted by molar-refractivity contribution is 6.59. The number of carboxylic acid groups (broad SMARTS) is 1. The maximum Gasteiger partial charge on any atom is 0.430 e. The van der Waals surface area contributed by atoms with Crippen molar-refractivity contribution in [3.8, 4) is 11.5 Å². The first kappa shape index (κ1) is 20.9. The van der Waals surface area contributed by atoms with Crippen LogP contribution in [0.25, 0.3) is 0 Å². The predicted molar refractivity (Wildman–Crippen MR) is 100 cm³/mol. The molecule has 0 aliphatic carbocycles. The predicted octanol–water partition coefficient (Wildman–Crippen LogP) is -1.70. The molecule has 6 N–H and O–H groups in total. The number of carbonyl (C=O) groups is 3. The number of likely N-dealkylation sites (tertiary alicyclic amines) is 1. The van der Waals surface area contributed by atoms with Crippen LogP contribution < -0.4 is 20.4 Å². The molecule has 0 radical (unpaired) electrons. The quantitative estimate of drug-likeness (QED) is 0.344. The third-order valence-electron chi connectivity index (χ3n) is 4.85. The number of hydrogen-bond acceptors (Lipinski definition) is 8. The maximum atomic E-state index is 12.2. The van der Waals surface area contributed by atoms with Gasteiger partial charge in [-0.3, -0.25) is 9.59 Å². The maximum absolute atomic E-state index is 12.2. The van der Waals surface area contributed by atoms with Crippen LogP contribution in [-0.2, 0) is 16.0 Å². The van der Waals surface area contributed by atoms with Gasteiger partial charge in [0, 0.05) is 13.5 Å². The van der Waals surface area contributed by atoms with Crippen molar-refractivity contribution in [1.29, 1.82) is 0 Å². The molecule has 1 atom stereocenters. The fraction of sp³-hybridized carbons (Fsp3) is 0.471. The lowest BCUT2D eigenvalue weighted by molar-refractivity contribution is -0.141. The van der Waals surface area contributed by atoms with Gasteiger partial charge in [0.25, 0.3) is 0 Å². The third-order valence-corrected chi connectivity index (χ3v) is 4.85. The molecule has 1 aromatic carbocycles. The van der Waals surface area contributed by atoms with Crippen LogP contribution in [0.4, 0.5) is 0 Å². The molecule has 1 fully saturated rings. The normalized spacial score (nSPS) is 18.7. The Morgan fingerprint density at radius 3 is 2.69 bits per heavy atom. The topological polar surface area (TPSA) is 172 Å². The van der Waals surface area contributed by atoms with Crippen LogP contribution in [0.3, 0.4) is 0 Å². The van der Waals surface area contributed by atoms with Crippen molar-refractivity contribution in [3.63, 3.8) is 0 Å². The summed E-state index contributed by atoms with van der Waals surface area (Å²) in [5.41, 5.74) is 6.01. The molecule has 0 saturated carbocycles. The van der Waals surface area contributed by atoms with Gasteiger partial charge in [-0.1, -0.05) is 12.4 Å². The summed E-state index contributed by atoms with van der Waals surface area (Å²) in [6, 6.07) is 2.23. The molecule has 2 aliphatic heterocycles. The number of aryl methyl sites for hydroxylation is 1. The van der Waals surface area contributed by atoms with E-state index in [9.17, 15) is 29.5 Å². The summed E-state index contributed by atoms with van der Waals surface area (Å²) in [6.07, 6.45) is -0.212. The number of nitrogens with one attached hydrogen (secondary N) is 1. The highest BCUT2D eigenvalue weighted by Gasteiger charge is 2.37. The van der Waals surface area contributed by atoms with Gasteiger partial charge in [0.05, 0.1) is 18.8 Å². The zero-order valence-corrected chi connectivity index (χ0v) is 15.8. The van der Waals surface area contributed by atoms with Gasteiger partial charge in [-0.2, -0.15) is 0 Å². The number of ether oxygens (including phenoxy) is 1. The highest BCUT2D eigenvalue weighted by Crippen LogP contribution is 2.38. The van der Waals surface area contributed by atoms with Gasteiger partial charge >= 0.3 is 12.7 Å². The Hall–Kier alpha value is -2.83. The second kappa shape index (κ2) is 7.89. The Bertz CT molecular complexity index is 840. The van der Waals surface area contributed by atoms with Crippen molar-refractivity contribution in [3.05, 3.63) is 23.3 Å². The van der Waals surface area contributed by atoms with Crippen LogP contribution >= 0.6 is 0 Å². The van der Waals surface area contributed by atoms with Gasteiger partial charge in [0.2, 0.25) is 11.8 Å². The zero-order chi connectivity index (χ0) is 21.3. The summed E-state index contributed by atoms with van der Waals surface area (Å²) in [5, 5.41) is 31.6. The molecule has 2 amide bonds. The van der Waals surface area contributed by atoms with E-state index in [2.05, 4.69) is 5.32 Å². The summed E-state index contributed by atoms with van der Waals surface area (Å²) >= 11 is 0. The summed E-state index contributed by atoms with van der Waals surface area (Å²) in [5.74, 6) is -2.06. The Labute approximate surface area is 166 Å². The number of hydrogen-bond donors (Lipinski definition) is 5. The highest BCUT2D eigenvalue weighted by atomic mass is 16.6. The van der Waals surface area contributed by atoms with E-state index in [4.69, 9.17) is 15.1 Å². The minimum absolute atomic E-state index is 0.0180. The molecule has 1 unspecified atom stereocenters. The summed E-state index contributed by atoms with van der Waals surface area (Å²) < 4.78 is 10.8. The summed E-state index contributed by atoms with van der Waals surface area (Å²) in [4.78, 5) is 36.3. The molecule has 2 aliphatic rings. The second-order valence-electron chi connectivity index (χ2n) is 7.27. The van der Waals surface area contributed by atoms with E-state index < -0.39 is 24.9 Å². The SMILES string of the molecule is CC(=O)NCC(N)C(=O)N1CC(Oc2ccc3c(c2C(=O)O)O[B-](O)(O)CC3)C1. The van der Waals surface area contributed by atoms with E-state index >= 15 is 0 Å². The second-order valence-corrected chi connectivity index (χ2v) is 7.27. The van der Waals surface area contributed by atoms with Crippen molar-refractivity contribution in [1.82, 2.24) is 10.2 Å². The number of amides is 2. The molecule has 0 spiro atoms. The number of aromatic carboxylic acids is 1. The largest absolute Gasteiger partial charge is 0.669 e. The number of carbonyl (C=O) groups excluding carboxylic acids is 2. The van der Waals surface area contributed by atoms with E-state index in [1.807, 2.05) is 0 Å². The van der Waals surface area contributed by atoms with E-state index in [1.165, 1.54) is 17.9 Å². The van der Waals surface area contributed by atoms with Crippen molar-refractivity contribution >= 4 is 24.5 Å². The first-order chi connectivity index (χ1) is 13.6. The molecule has 0 bridgehead atoms. The average molecular weight is 408 g/mol. The minimum Gasteiger partial charge on any atom is -0.669 e. The lowest BCUT2D eigenvalue weighted by Gasteiger charge is -2.41. The monoisotopic (exact) mass is 408 g/mol. The zero-order valence-electron chi connectivity index (χ0n) is 15.8. The minimum atomic E-state index is -3.12. The van der Waals surface area contributed by atoms with Crippen molar-refractivity contribution < 1.29 is 38.9 Å². The van der Waals surface area contributed by atoms with E-state index in [0.29, 0.717) is 5.56 Å². The molecule has 158 valence electrons. The van der Waals surface area contributed by atoms with Gasteiger partial charge in [-0.15, -0.1) is 0 Å². The summed E-state index contributed by atoms with van der Waals surface area (Å²) in [7, 11) is 0. The Balaban J connectivity index is 1.66. The van der Waals surface area contributed by atoms with E-state index in [1.54, 1.807) is 6.07 Å². The molecule has 12 heteroatoms. The molecule has 11 nitrogen and oxygen atoms in total. The van der Waals surface area contributed by atoms with Crippen molar-refractivity contribution in [2.24, 2.45) is 5.73 Å². The fourth-order valence-electron chi connectivity index (χ4n) is 3.28. The smallest absolute Gasteiger partial charge is 0.430 e. The lowest BCUT2D eigenvalue weighted by Crippen LogP contribution is -2.61. The van der Waals surface area contributed by atoms with Crippen LogP contribution in [0.1, 0.15) is 22.8 Å². The molecular formula is C17H23BN3O8-. The van der Waals surface area contributed by atoms with Crippen LogP contribution in [0.2, 0.25) is 6.32 Å². The average Bonchev–Trinajstić information content (AvgIpc) is 2.60. The lowest BCUT2D eigenvalue weighted by atomic mass is 9.70. The standard InChI is InChI=1S/C17H23BN3O8/c1-9(22)20-6-12(19)16(23)21-7-11(8-21)28-13-3-2-10-4-5-18(26,27)29-15(10)14(13)17(24)25/h2-3,11-12,26-27H,4-8,19H2,1H3,(H,20,22)(H,24,25)/q-1. The van der Waals surface area contributed by atoms with Crippen LogP contribution in [0.15, 0.2) is 12.1 Å². The Morgan fingerprint density at radius 1 is 1.38 bits per heavy atom. The van der Waals surface area contributed by atoms with Gasteiger partial charge < -0.3 is 40.5 Å². The Morgan fingerprint density at radius 2 is 2.07 bits per heavy atom. The number of carboxylic acids is 1. The fourth-order valence-corrected chi connectivity index (χ4v) is 3.28. The molecule has 1 saturated heterocycles. The van der Waals surface area contributed by atoms with Crippen LogP contribution in [-0.4, -0.2) is 76.4 Å². The molecule has 0 aromatic heterocycles. The number of nitrogens with zero attached hydrogens (tertiary/aromatic N) is 1. The van der Waals surface area contributed by atoms with Crippen LogP contribution in [0.5, 0.6) is 11.5 Å². The van der Waals surface area contributed by atoms with Gasteiger partial charge in [0.1, 0.15) is 23.5 Å². The molecule has 2 heterocycles. The van der Waals surface area contributed by atoms with Gasteiger partial charge in [0.15, 0.2) is 0 Å². The summed E-state index contributed by atoms with van der Waals surface area (Å²) in [6.45, 7) is -1.36. The first-order valence-corrected chi connectivity index (χ1v) is 9.21. The number of nitrogens with two attached hydrogens (primary N) is 1. The molecule has 1 aromatic rings. The number of rotatable bonds is 6. The van der Waals surface area contributed by atoms with Gasteiger partial charge in [-0.25, -0.2) is 4.79 Å². The Kier molecular flexibility index (Phi) is 5.69. The first-order valence-electron chi connectivity index (χ1n) is 9.21. The van der Waals surface area contributed by atoms with Gasteiger partial charge in [-0.05, 0) is 18.1 Å². The molecule has 3 rings (SSSR count). The molecule has 29 heavy (non-hydrogen) atoms. The number of fused-ring (bicyclic) bond motifs is 1. The van der Waals surface area contributed by atoms with E-state index in [0.717, 1.165) is 0 Å². The van der Waals surface area contributed by atoms with Crippen LogP contribution in [0, 0.1) is 0 Å².